The van der Waals surface area contributed by atoms with E-state index in [1.165, 1.54) is 0 Å². The first-order chi connectivity index (χ1) is 6.27. The molecule has 0 N–H and O–H groups in total. The van der Waals surface area contributed by atoms with Crippen molar-refractivity contribution in [3.63, 3.8) is 0 Å². The van der Waals surface area contributed by atoms with Crippen molar-refractivity contribution in [2.75, 3.05) is 13.2 Å². The van der Waals surface area contributed by atoms with Crippen LogP contribution in [0, 0.1) is 0 Å². The van der Waals surface area contributed by atoms with Gasteiger partial charge in [0.05, 0.1) is 12.7 Å². The van der Waals surface area contributed by atoms with Gasteiger partial charge in [0.15, 0.2) is 0 Å². The van der Waals surface area contributed by atoms with Crippen LogP contribution >= 0.6 is 0 Å². The van der Waals surface area contributed by atoms with E-state index < -0.39 is 0 Å². The molecule has 0 aliphatic heterocycles. The summed E-state index contributed by atoms with van der Waals surface area (Å²) in [6.45, 7) is 5.97. The lowest BCUT2D eigenvalue weighted by Gasteiger charge is -2.06. The first kappa shape index (κ1) is 12.4. The zero-order valence-corrected chi connectivity index (χ0v) is 8.62. The highest BCUT2D eigenvalue weighted by atomic mass is 16.5. The first-order valence-electron chi connectivity index (χ1n) is 4.94. The molecule has 0 unspecified atom stereocenters. The zero-order valence-electron chi connectivity index (χ0n) is 8.62. The van der Waals surface area contributed by atoms with Crippen molar-refractivity contribution in [1.82, 2.24) is 0 Å². The van der Waals surface area contributed by atoms with Crippen molar-refractivity contribution in [1.29, 1.82) is 0 Å². The second kappa shape index (κ2) is 9.52. The van der Waals surface area contributed by atoms with Crippen LogP contribution in [0.3, 0.4) is 0 Å². The van der Waals surface area contributed by atoms with Crippen LogP contribution in [0.25, 0.3) is 0 Å². The molecule has 0 heterocycles. The normalized spacial score (nSPS) is 10.4. The molecule has 0 aliphatic carbocycles. The van der Waals surface area contributed by atoms with Crippen molar-refractivity contribution < 1.29 is 14.3 Å². The summed E-state index contributed by atoms with van der Waals surface area (Å²) in [6, 6.07) is 0. The molecule has 0 spiro atoms. The van der Waals surface area contributed by atoms with Gasteiger partial charge >= 0.3 is 0 Å². The molecule has 13 heavy (non-hydrogen) atoms. The van der Waals surface area contributed by atoms with E-state index in [-0.39, 0.29) is 0 Å². The molecule has 0 atom stereocenters. The molecule has 3 nitrogen and oxygen atoms in total. The molecule has 0 aromatic heterocycles. The predicted molar refractivity (Wildman–Crippen MR) is 51.6 cm³/mol. The average molecular weight is 188 g/mol. The summed E-state index contributed by atoms with van der Waals surface area (Å²) in [6.07, 6.45) is 4.64. The smallest absolute Gasteiger partial charge is 0.293 e. The molecule has 0 amide bonds. The van der Waals surface area contributed by atoms with E-state index in [4.69, 9.17) is 4.74 Å². The van der Waals surface area contributed by atoms with Gasteiger partial charge in [-0.3, -0.25) is 4.79 Å². The number of hydrogen-bond donors (Lipinski definition) is 0. The number of carbonyl (C=O) groups is 1. The van der Waals surface area contributed by atoms with Gasteiger partial charge in [0, 0.05) is 6.61 Å². The number of carbonyl (C=O) groups excluding carboxylic acids is 1. The summed E-state index contributed by atoms with van der Waals surface area (Å²) in [5.74, 6) is 0. The highest BCUT2D eigenvalue weighted by Gasteiger charge is 1.93. The first-order valence-corrected chi connectivity index (χ1v) is 4.94. The van der Waals surface area contributed by atoms with Gasteiger partial charge in [0.25, 0.3) is 6.47 Å². The van der Waals surface area contributed by atoms with E-state index in [0.29, 0.717) is 19.2 Å². The minimum absolute atomic E-state index is 0.332. The highest BCUT2D eigenvalue weighted by Crippen LogP contribution is 2.01. The van der Waals surface area contributed by atoms with Crippen LogP contribution in [0.5, 0.6) is 0 Å². The van der Waals surface area contributed by atoms with Gasteiger partial charge in [-0.25, -0.2) is 0 Å². The van der Waals surface area contributed by atoms with E-state index >= 15 is 0 Å². The second-order valence-electron chi connectivity index (χ2n) is 3.30. The number of ether oxygens (including phenoxy) is 2. The maximum Gasteiger partial charge on any atom is 0.293 e. The standard InChI is InChI=1S/C10H20O3/c1-10(2)13-8-6-4-3-5-7-12-9-11/h9-10H,3-8H2,1-2H3. The maximum absolute atomic E-state index is 9.77. The molecule has 0 aromatic rings. The van der Waals surface area contributed by atoms with Crippen LogP contribution in [0.1, 0.15) is 39.5 Å². The topological polar surface area (TPSA) is 35.5 Å². The van der Waals surface area contributed by atoms with Crippen LogP contribution in [0.15, 0.2) is 0 Å². The van der Waals surface area contributed by atoms with Gasteiger partial charge in [-0.2, -0.15) is 0 Å². The summed E-state index contributed by atoms with van der Waals surface area (Å²) < 4.78 is 9.95. The summed E-state index contributed by atoms with van der Waals surface area (Å²) in [5.41, 5.74) is 0. The van der Waals surface area contributed by atoms with E-state index in [1.54, 1.807) is 0 Å². The molecular formula is C10H20O3. The lowest BCUT2D eigenvalue weighted by molar-refractivity contribution is -0.128. The molecule has 78 valence electrons. The Balaban J connectivity index is 2.87. The van der Waals surface area contributed by atoms with Crippen LogP contribution in [-0.4, -0.2) is 25.8 Å². The Morgan fingerprint density at radius 2 is 1.69 bits per heavy atom. The van der Waals surface area contributed by atoms with Crippen LogP contribution < -0.4 is 0 Å². The summed E-state index contributed by atoms with van der Waals surface area (Å²) in [5, 5.41) is 0. The Kier molecular flexibility index (Phi) is 9.10. The van der Waals surface area contributed by atoms with Crippen molar-refractivity contribution in [2.24, 2.45) is 0 Å². The molecule has 0 fully saturated rings. The molecule has 0 bridgehead atoms. The fourth-order valence-corrected chi connectivity index (χ4v) is 1.01. The van der Waals surface area contributed by atoms with Gasteiger partial charge in [-0.1, -0.05) is 6.42 Å². The average Bonchev–Trinajstić information content (AvgIpc) is 2.09. The Morgan fingerprint density at radius 3 is 2.23 bits per heavy atom. The molecule has 0 aliphatic rings. The monoisotopic (exact) mass is 188 g/mol. The molecule has 0 saturated carbocycles. The summed E-state index contributed by atoms with van der Waals surface area (Å²) in [7, 11) is 0. The minimum Gasteiger partial charge on any atom is -0.468 e. The third kappa shape index (κ3) is 11.4. The molecule has 0 aromatic carbocycles. The van der Waals surface area contributed by atoms with E-state index in [9.17, 15) is 4.79 Å². The van der Waals surface area contributed by atoms with Gasteiger partial charge in [0.1, 0.15) is 0 Å². The predicted octanol–water partition coefficient (Wildman–Crippen LogP) is 2.14. The number of rotatable bonds is 9. The third-order valence-corrected chi connectivity index (χ3v) is 1.68. The van der Waals surface area contributed by atoms with Gasteiger partial charge in [-0.05, 0) is 33.1 Å². The minimum atomic E-state index is 0.332. The molecule has 0 saturated heterocycles. The fourth-order valence-electron chi connectivity index (χ4n) is 1.01. The van der Waals surface area contributed by atoms with E-state index in [2.05, 4.69) is 4.74 Å². The van der Waals surface area contributed by atoms with Crippen molar-refractivity contribution >= 4 is 6.47 Å². The Labute approximate surface area is 80.4 Å². The van der Waals surface area contributed by atoms with Gasteiger partial charge < -0.3 is 9.47 Å². The molecule has 3 heteroatoms. The number of unbranched alkanes of at least 4 members (excludes halogenated alkanes) is 3. The van der Waals surface area contributed by atoms with Crippen molar-refractivity contribution in [3.8, 4) is 0 Å². The lowest BCUT2D eigenvalue weighted by Crippen LogP contribution is -2.03. The Bertz CT molecular complexity index is 113. The lowest BCUT2D eigenvalue weighted by atomic mass is 10.2. The second-order valence-corrected chi connectivity index (χ2v) is 3.30. The van der Waals surface area contributed by atoms with Crippen LogP contribution in [0.2, 0.25) is 0 Å². The van der Waals surface area contributed by atoms with Gasteiger partial charge in [-0.15, -0.1) is 0 Å². The third-order valence-electron chi connectivity index (χ3n) is 1.68. The van der Waals surface area contributed by atoms with Crippen LogP contribution in [-0.2, 0) is 14.3 Å². The fraction of sp³-hybridized carbons (Fsp3) is 0.900. The van der Waals surface area contributed by atoms with Crippen molar-refractivity contribution in [3.05, 3.63) is 0 Å². The van der Waals surface area contributed by atoms with Crippen LogP contribution in [0.4, 0.5) is 0 Å². The summed E-state index contributed by atoms with van der Waals surface area (Å²) in [4.78, 5) is 9.77. The Hall–Kier alpha value is -0.570. The maximum atomic E-state index is 9.77. The quantitative estimate of drug-likeness (QED) is 0.411. The molecule has 0 radical (unpaired) electrons. The van der Waals surface area contributed by atoms with E-state index in [1.807, 2.05) is 13.8 Å². The van der Waals surface area contributed by atoms with Gasteiger partial charge in [0.2, 0.25) is 0 Å². The number of hydrogen-bond acceptors (Lipinski definition) is 3. The van der Waals surface area contributed by atoms with Crippen molar-refractivity contribution in [2.45, 2.75) is 45.6 Å². The summed E-state index contributed by atoms with van der Waals surface area (Å²) >= 11 is 0. The zero-order chi connectivity index (χ0) is 9.94. The van der Waals surface area contributed by atoms with E-state index in [0.717, 1.165) is 32.3 Å². The molecule has 0 rings (SSSR count). The SMILES string of the molecule is CC(C)OCCCCCCOC=O. The Morgan fingerprint density at radius 1 is 1.08 bits per heavy atom. The largest absolute Gasteiger partial charge is 0.468 e. The molecular weight excluding hydrogens is 168 g/mol. The highest BCUT2D eigenvalue weighted by molar-refractivity contribution is 5.36.